The van der Waals surface area contributed by atoms with Crippen LogP contribution in [0.4, 0.5) is 0 Å². The first-order chi connectivity index (χ1) is 20.4. The molecule has 0 aliphatic carbocycles. The summed E-state index contributed by atoms with van der Waals surface area (Å²) in [7, 11) is -1.64. The predicted molar refractivity (Wildman–Crippen MR) is 168 cm³/mol. The lowest BCUT2D eigenvalue weighted by Gasteiger charge is -2.31. The summed E-state index contributed by atoms with van der Waals surface area (Å²) in [5.41, 5.74) is 2.77. The van der Waals surface area contributed by atoms with Gasteiger partial charge in [-0.15, -0.1) is 0 Å². The maximum Gasteiger partial charge on any atom is 0.310 e. The lowest BCUT2D eigenvalue weighted by atomic mass is 9.99. The Morgan fingerprint density at radius 1 is 0.690 bits per heavy atom. The maximum absolute atomic E-state index is 7.01. The van der Waals surface area contributed by atoms with Crippen molar-refractivity contribution in [2.75, 3.05) is 4.67 Å². The number of hydrogen-bond acceptors (Lipinski definition) is 6. The summed E-state index contributed by atoms with van der Waals surface area (Å²) in [5.74, 6) is -0.735. The number of hydrogen-bond donors (Lipinski definition) is 0. The molecule has 0 spiro atoms. The van der Waals surface area contributed by atoms with Gasteiger partial charge in [0.1, 0.15) is 17.3 Å². The van der Waals surface area contributed by atoms with Crippen molar-refractivity contribution in [2.45, 2.75) is 57.6 Å². The van der Waals surface area contributed by atoms with E-state index in [-0.39, 0.29) is 18.2 Å². The quantitative estimate of drug-likeness (QED) is 0.208. The van der Waals surface area contributed by atoms with Crippen molar-refractivity contribution >= 4 is 51.6 Å². The molecule has 1 aromatic heterocycles. The summed E-state index contributed by atoms with van der Waals surface area (Å²) in [6.07, 6.45) is -0.901. The molecule has 2 aliphatic heterocycles. The number of ether oxygens (including phenoxy) is 3. The second kappa shape index (κ2) is 9.98. The molecule has 6 aromatic rings. The second-order valence-corrected chi connectivity index (χ2v) is 13.0. The third-order valence-electron chi connectivity index (χ3n) is 8.38. The third kappa shape index (κ3) is 4.34. The van der Waals surface area contributed by atoms with E-state index < -0.39 is 20.2 Å². The van der Waals surface area contributed by atoms with E-state index in [4.69, 9.17) is 22.6 Å². The molecule has 6 nitrogen and oxygen atoms in total. The smallest absolute Gasteiger partial charge is 0.310 e. The molecule has 7 heteroatoms. The van der Waals surface area contributed by atoms with Crippen molar-refractivity contribution in [1.82, 2.24) is 0 Å². The van der Waals surface area contributed by atoms with Crippen molar-refractivity contribution in [3.63, 3.8) is 0 Å². The highest BCUT2D eigenvalue weighted by atomic mass is 31.1. The first-order valence-corrected chi connectivity index (χ1v) is 15.6. The molecule has 8 rings (SSSR count). The first-order valence-electron chi connectivity index (χ1n) is 14.5. The van der Waals surface area contributed by atoms with Crippen LogP contribution in [0.5, 0.6) is 0 Å². The Bertz CT molecular complexity index is 1890. The Labute approximate surface area is 245 Å². The molecule has 212 valence electrons. The van der Waals surface area contributed by atoms with E-state index in [0.717, 1.165) is 49.0 Å². The van der Waals surface area contributed by atoms with E-state index in [1.54, 1.807) is 0 Å². The SMILES string of the molecule is C[C@H]1O[C@@H]2OC(C)(C)O[C@@H]2[C@@H]1N(Cc1ccccc1)p1oc2ccc3ccccc3c2c2c(ccc3ccccc32)o1. The van der Waals surface area contributed by atoms with Crippen molar-refractivity contribution in [1.29, 1.82) is 0 Å². The van der Waals surface area contributed by atoms with Gasteiger partial charge >= 0.3 is 8.16 Å². The van der Waals surface area contributed by atoms with Crippen LogP contribution < -0.4 is 4.67 Å². The Hall–Kier alpha value is -3.64. The highest BCUT2D eigenvalue weighted by Crippen LogP contribution is 2.47. The summed E-state index contributed by atoms with van der Waals surface area (Å²) in [6, 6.07) is 35.7. The first kappa shape index (κ1) is 26.0. The summed E-state index contributed by atoms with van der Waals surface area (Å²) < 4.78 is 35.3. The molecule has 0 amide bonds. The van der Waals surface area contributed by atoms with Crippen LogP contribution in [0.25, 0.3) is 43.5 Å². The van der Waals surface area contributed by atoms with Crippen LogP contribution in [0.3, 0.4) is 0 Å². The Kier molecular flexibility index (Phi) is 6.18. The summed E-state index contributed by atoms with van der Waals surface area (Å²) in [6.45, 7) is 6.55. The average molecular weight is 578 g/mol. The van der Waals surface area contributed by atoms with Gasteiger partial charge in [-0.3, -0.25) is 0 Å². The van der Waals surface area contributed by atoms with Gasteiger partial charge in [0.15, 0.2) is 12.1 Å². The largest absolute Gasteiger partial charge is 0.408 e. The molecule has 3 heterocycles. The predicted octanol–water partition coefficient (Wildman–Crippen LogP) is 9.00. The zero-order valence-electron chi connectivity index (χ0n) is 23.8. The monoisotopic (exact) mass is 577 g/mol. The van der Waals surface area contributed by atoms with Crippen molar-refractivity contribution < 1.29 is 22.6 Å². The van der Waals surface area contributed by atoms with E-state index in [1.165, 1.54) is 0 Å². The lowest BCUT2D eigenvalue weighted by molar-refractivity contribution is -0.204. The molecule has 2 aliphatic rings. The molecule has 0 bridgehead atoms. The number of nitrogens with zero attached hydrogens (tertiary/aromatic N) is 1. The molecule has 4 atom stereocenters. The molecule has 2 fully saturated rings. The molecule has 0 saturated carbocycles. The average Bonchev–Trinajstić information content (AvgIpc) is 3.37. The van der Waals surface area contributed by atoms with Crippen LogP contribution in [-0.2, 0) is 20.8 Å². The van der Waals surface area contributed by atoms with Crippen molar-refractivity contribution in [2.24, 2.45) is 0 Å². The van der Waals surface area contributed by atoms with E-state index >= 15 is 0 Å². The fourth-order valence-electron chi connectivity index (χ4n) is 6.57. The minimum Gasteiger partial charge on any atom is -0.408 e. The topological polar surface area (TPSA) is 57.2 Å². The Balaban J connectivity index is 1.43. The number of rotatable bonds is 4. The van der Waals surface area contributed by atoms with Gasteiger partial charge in [-0.1, -0.05) is 91.0 Å². The summed E-state index contributed by atoms with van der Waals surface area (Å²) in [4.78, 5) is 0. The molecule has 5 aromatic carbocycles. The standard InChI is InChI=1S/C35H32NO5P/c1-22-32(33-34(37-22)39-35(2,3)38-33)36(21-23-11-5-4-6-12-23)42-40-28-19-17-24-13-7-9-15-26(24)30(28)31-27-16-10-8-14-25(27)18-20-29(31)41-42/h4-20,22,32-34H,21H2,1-3H3/t22-,32-,33-,34-/m1/s1. The highest BCUT2D eigenvalue weighted by molar-refractivity contribution is 7.39. The van der Waals surface area contributed by atoms with Crippen LogP contribution in [0.2, 0.25) is 0 Å². The van der Waals surface area contributed by atoms with Gasteiger partial charge in [0.25, 0.3) is 0 Å². The minimum absolute atomic E-state index is 0.158. The number of fused-ring (bicyclic) bond motifs is 8. The fraction of sp³-hybridized carbons (Fsp3) is 0.257. The van der Waals surface area contributed by atoms with Gasteiger partial charge in [-0.2, -0.15) is 4.67 Å². The fourth-order valence-corrected chi connectivity index (χ4v) is 8.27. The Morgan fingerprint density at radius 3 is 1.88 bits per heavy atom. The van der Waals surface area contributed by atoms with Gasteiger partial charge in [0.2, 0.25) is 0 Å². The van der Waals surface area contributed by atoms with Crippen LogP contribution in [0.1, 0.15) is 26.3 Å². The van der Waals surface area contributed by atoms with Crippen molar-refractivity contribution in [3.05, 3.63) is 109 Å². The number of benzene rings is 5. The van der Waals surface area contributed by atoms with Crippen LogP contribution in [0.15, 0.2) is 112 Å². The highest BCUT2D eigenvalue weighted by Gasteiger charge is 2.56. The van der Waals surface area contributed by atoms with E-state index in [0.29, 0.717) is 6.54 Å². The molecule has 42 heavy (non-hydrogen) atoms. The third-order valence-corrected chi connectivity index (χ3v) is 9.91. The molecular weight excluding hydrogens is 545 g/mol. The minimum atomic E-state index is -1.64. The molecule has 2 saturated heterocycles. The normalized spacial score (nSPS) is 23.3. The van der Waals surface area contributed by atoms with Crippen LogP contribution in [-0.4, -0.2) is 30.3 Å². The molecule has 0 unspecified atom stereocenters. The summed E-state index contributed by atoms with van der Waals surface area (Å²) >= 11 is 0. The van der Waals surface area contributed by atoms with Crippen LogP contribution in [0, 0.1) is 0 Å². The Morgan fingerprint density at radius 2 is 1.26 bits per heavy atom. The van der Waals surface area contributed by atoms with Gasteiger partial charge in [-0.05, 0) is 60.0 Å². The molecular formula is C35H32NO5P. The van der Waals surface area contributed by atoms with E-state index in [1.807, 2.05) is 19.9 Å². The van der Waals surface area contributed by atoms with E-state index in [9.17, 15) is 0 Å². The molecule has 0 N–H and O–H groups in total. The zero-order valence-corrected chi connectivity index (χ0v) is 24.7. The van der Waals surface area contributed by atoms with Gasteiger partial charge in [-0.25, -0.2) is 0 Å². The van der Waals surface area contributed by atoms with Crippen molar-refractivity contribution in [3.8, 4) is 0 Å². The lowest BCUT2D eigenvalue weighted by Crippen LogP contribution is -2.46. The molecule has 0 radical (unpaired) electrons. The van der Waals surface area contributed by atoms with Gasteiger partial charge in [0, 0.05) is 17.3 Å². The van der Waals surface area contributed by atoms with Crippen LogP contribution >= 0.6 is 8.16 Å². The summed E-state index contributed by atoms with van der Waals surface area (Å²) in [5, 5.41) is 6.69. The van der Waals surface area contributed by atoms with E-state index in [2.05, 4.69) is 109 Å². The van der Waals surface area contributed by atoms with Gasteiger partial charge in [0.05, 0.1) is 12.1 Å². The maximum atomic E-state index is 7.01. The van der Waals surface area contributed by atoms with Gasteiger partial charge < -0.3 is 22.6 Å². The second-order valence-electron chi connectivity index (χ2n) is 11.6. The zero-order chi connectivity index (χ0) is 28.4.